The lowest BCUT2D eigenvalue weighted by Crippen LogP contribution is -2.53. The van der Waals surface area contributed by atoms with Gasteiger partial charge in [-0.25, -0.2) is 4.79 Å². The molecule has 0 aliphatic carbocycles. The molecule has 0 bridgehead atoms. The van der Waals surface area contributed by atoms with Crippen LogP contribution >= 0.6 is 0 Å². The van der Waals surface area contributed by atoms with Crippen molar-refractivity contribution < 1.29 is 23.7 Å². The van der Waals surface area contributed by atoms with E-state index in [4.69, 9.17) is 18.9 Å². The molecule has 2 aliphatic heterocycles. The van der Waals surface area contributed by atoms with Crippen LogP contribution < -0.4 is 10.6 Å². The molecule has 194 valence electrons. The predicted molar refractivity (Wildman–Crippen MR) is 131 cm³/mol. The highest BCUT2D eigenvalue weighted by Gasteiger charge is 2.64. The smallest absolute Gasteiger partial charge is 0.315 e. The molecule has 2 aliphatic rings. The summed E-state index contributed by atoms with van der Waals surface area (Å²) in [6.07, 6.45) is 14.3. The molecule has 0 aromatic carbocycles. The zero-order valence-electron chi connectivity index (χ0n) is 21.9. The van der Waals surface area contributed by atoms with Crippen LogP contribution in [0.3, 0.4) is 0 Å². The molecule has 2 amide bonds. The van der Waals surface area contributed by atoms with Gasteiger partial charge in [-0.1, -0.05) is 78.1 Å². The molecule has 2 fully saturated rings. The second-order valence-corrected chi connectivity index (χ2v) is 10.2. The van der Waals surface area contributed by atoms with Gasteiger partial charge in [-0.2, -0.15) is 0 Å². The summed E-state index contributed by atoms with van der Waals surface area (Å²) in [5, 5.41) is 5.94. The Kier molecular flexibility index (Phi) is 12.5. The largest absolute Gasteiger partial charge is 0.376 e. The van der Waals surface area contributed by atoms with Gasteiger partial charge >= 0.3 is 6.03 Å². The summed E-state index contributed by atoms with van der Waals surface area (Å²) in [4.78, 5) is 12.3. The fourth-order valence-corrected chi connectivity index (χ4v) is 4.79. The summed E-state index contributed by atoms with van der Waals surface area (Å²) < 4.78 is 24.6. The average Bonchev–Trinajstić information content (AvgIpc) is 3.15. The molecule has 7 nitrogen and oxygen atoms in total. The minimum absolute atomic E-state index is 0.195. The molecule has 2 N–H and O–H groups in total. The van der Waals surface area contributed by atoms with Gasteiger partial charge in [0.25, 0.3) is 0 Å². The number of hydrogen-bond donors (Lipinski definition) is 2. The lowest BCUT2D eigenvalue weighted by atomic mass is 10.0. The Labute approximate surface area is 202 Å². The van der Waals surface area contributed by atoms with E-state index in [2.05, 4.69) is 24.5 Å². The first-order valence-electron chi connectivity index (χ1n) is 13.5. The molecular weight excluding hydrogens is 420 g/mol. The van der Waals surface area contributed by atoms with Crippen molar-refractivity contribution in [3.63, 3.8) is 0 Å². The minimum Gasteiger partial charge on any atom is -0.376 e. The van der Waals surface area contributed by atoms with E-state index in [1.54, 1.807) is 0 Å². The molecule has 0 spiro atoms. The van der Waals surface area contributed by atoms with Gasteiger partial charge in [0.1, 0.15) is 12.7 Å². The highest BCUT2D eigenvalue weighted by Crippen LogP contribution is 2.45. The predicted octanol–water partition coefficient (Wildman–Crippen LogP) is 5.66. The molecule has 0 unspecified atom stereocenters. The van der Waals surface area contributed by atoms with Crippen LogP contribution in [0.5, 0.6) is 0 Å². The van der Waals surface area contributed by atoms with Crippen LogP contribution in [-0.2, 0) is 18.9 Å². The van der Waals surface area contributed by atoms with Crippen LogP contribution in [-0.4, -0.2) is 55.6 Å². The van der Waals surface area contributed by atoms with Gasteiger partial charge in [0.2, 0.25) is 5.79 Å². The summed E-state index contributed by atoms with van der Waals surface area (Å²) in [6.45, 7) is 11.7. The zero-order valence-corrected chi connectivity index (χ0v) is 21.9. The molecule has 2 heterocycles. The van der Waals surface area contributed by atoms with E-state index >= 15 is 0 Å². The molecule has 0 radical (unpaired) electrons. The first kappa shape index (κ1) is 28.3. The Bertz CT molecular complexity index is 559. The van der Waals surface area contributed by atoms with Crippen LogP contribution in [0.25, 0.3) is 0 Å². The molecular formula is C26H50N2O5. The van der Waals surface area contributed by atoms with Gasteiger partial charge in [-0.15, -0.1) is 0 Å². The van der Waals surface area contributed by atoms with Crippen LogP contribution in [0.4, 0.5) is 4.79 Å². The fraction of sp³-hybridized carbons (Fsp3) is 0.962. The van der Waals surface area contributed by atoms with E-state index in [-0.39, 0.29) is 18.2 Å². The molecule has 7 heteroatoms. The van der Waals surface area contributed by atoms with Crippen molar-refractivity contribution >= 4 is 6.03 Å². The first-order valence-corrected chi connectivity index (χ1v) is 13.5. The summed E-state index contributed by atoms with van der Waals surface area (Å²) in [6, 6.07) is -0.492. The number of hydrogen-bond acceptors (Lipinski definition) is 5. The Hall–Kier alpha value is -0.890. The van der Waals surface area contributed by atoms with Crippen molar-refractivity contribution in [3.05, 3.63) is 0 Å². The SMILES string of the molecule is CCCCCCCCCCCCOC[C@@]12O[C@@H](C)[C@@H](NC(=O)NCCCC)[C@@H]1OC(C)(C)O2. The van der Waals surface area contributed by atoms with Gasteiger partial charge in [-0.3, -0.25) is 0 Å². The Morgan fingerprint density at radius 2 is 1.48 bits per heavy atom. The Morgan fingerprint density at radius 3 is 2.12 bits per heavy atom. The van der Waals surface area contributed by atoms with Crippen molar-refractivity contribution in [2.45, 2.75) is 141 Å². The maximum atomic E-state index is 12.3. The summed E-state index contributed by atoms with van der Waals surface area (Å²) in [5.74, 6) is -1.77. The zero-order chi connectivity index (χ0) is 24.2. The van der Waals surface area contributed by atoms with Crippen molar-refractivity contribution in [2.75, 3.05) is 19.8 Å². The number of amides is 2. The monoisotopic (exact) mass is 470 g/mol. The highest BCUT2D eigenvalue weighted by atomic mass is 16.9. The van der Waals surface area contributed by atoms with Crippen molar-refractivity contribution in [1.82, 2.24) is 10.6 Å². The highest BCUT2D eigenvalue weighted by molar-refractivity contribution is 5.74. The Morgan fingerprint density at radius 1 is 0.879 bits per heavy atom. The normalized spacial score (nSPS) is 28.1. The molecule has 0 aromatic heterocycles. The third-order valence-corrected chi connectivity index (χ3v) is 6.54. The molecule has 2 saturated heterocycles. The van der Waals surface area contributed by atoms with E-state index < -0.39 is 17.7 Å². The van der Waals surface area contributed by atoms with E-state index in [0.29, 0.717) is 19.8 Å². The van der Waals surface area contributed by atoms with E-state index in [1.165, 1.54) is 57.8 Å². The van der Waals surface area contributed by atoms with Crippen molar-refractivity contribution in [1.29, 1.82) is 0 Å². The topological polar surface area (TPSA) is 78.1 Å². The van der Waals surface area contributed by atoms with Crippen LogP contribution in [0.15, 0.2) is 0 Å². The van der Waals surface area contributed by atoms with Crippen molar-refractivity contribution in [3.8, 4) is 0 Å². The average molecular weight is 471 g/mol. The summed E-state index contributed by atoms with van der Waals surface area (Å²) in [5.41, 5.74) is 0. The van der Waals surface area contributed by atoms with E-state index in [0.717, 1.165) is 19.3 Å². The maximum absolute atomic E-state index is 12.3. The fourth-order valence-electron chi connectivity index (χ4n) is 4.79. The molecule has 2 rings (SSSR count). The Balaban J connectivity index is 1.70. The van der Waals surface area contributed by atoms with Gasteiger partial charge < -0.3 is 29.6 Å². The molecule has 0 saturated carbocycles. The maximum Gasteiger partial charge on any atom is 0.315 e. The third-order valence-electron chi connectivity index (χ3n) is 6.54. The van der Waals surface area contributed by atoms with Gasteiger partial charge in [0.15, 0.2) is 5.79 Å². The lowest BCUT2D eigenvalue weighted by molar-refractivity contribution is -0.274. The van der Waals surface area contributed by atoms with E-state index in [9.17, 15) is 4.79 Å². The second kappa shape index (κ2) is 14.5. The van der Waals surface area contributed by atoms with Crippen LogP contribution in [0, 0.1) is 0 Å². The first-order chi connectivity index (χ1) is 15.8. The molecule has 33 heavy (non-hydrogen) atoms. The number of rotatable bonds is 17. The minimum atomic E-state index is -0.983. The number of unbranched alkanes of at least 4 members (excludes halogenated alkanes) is 10. The summed E-state index contributed by atoms with van der Waals surface area (Å²) in [7, 11) is 0. The third kappa shape index (κ3) is 9.35. The number of ether oxygens (including phenoxy) is 4. The number of carbonyl (C=O) groups is 1. The van der Waals surface area contributed by atoms with Crippen LogP contribution in [0.2, 0.25) is 0 Å². The lowest BCUT2D eigenvalue weighted by Gasteiger charge is -2.28. The number of fused-ring (bicyclic) bond motifs is 1. The van der Waals surface area contributed by atoms with Crippen molar-refractivity contribution in [2.24, 2.45) is 0 Å². The quantitative estimate of drug-likeness (QED) is 0.268. The molecule has 4 atom stereocenters. The van der Waals surface area contributed by atoms with Gasteiger partial charge in [0.05, 0.1) is 12.1 Å². The van der Waals surface area contributed by atoms with Crippen LogP contribution in [0.1, 0.15) is 112 Å². The second-order valence-electron chi connectivity index (χ2n) is 10.2. The number of carbonyl (C=O) groups excluding carboxylic acids is 1. The number of urea groups is 1. The van der Waals surface area contributed by atoms with Gasteiger partial charge in [0, 0.05) is 13.2 Å². The number of nitrogens with one attached hydrogen (secondary N) is 2. The molecule has 0 aromatic rings. The van der Waals surface area contributed by atoms with Gasteiger partial charge in [-0.05, 0) is 33.6 Å². The summed E-state index contributed by atoms with van der Waals surface area (Å²) >= 11 is 0. The van der Waals surface area contributed by atoms with E-state index in [1.807, 2.05) is 20.8 Å². The standard InChI is InChI=1S/C26H50N2O5/c1-6-8-10-11-12-13-14-15-16-17-19-30-20-26-23(32-25(4,5)33-26)22(21(3)31-26)28-24(29)27-18-9-7-2/h21-23H,6-20H2,1-5H3,(H2,27,28,29)/t21-,22+,23-,26-/m0/s1.